The molecule has 0 aliphatic carbocycles. The molecule has 0 fully saturated rings. The Kier molecular flexibility index (Phi) is 13.6. The zero-order valence-corrected chi connectivity index (χ0v) is 9.88. The quantitative estimate of drug-likeness (QED) is 0.433. The first-order chi connectivity index (χ1) is 7.41. The van der Waals surface area contributed by atoms with Crippen molar-refractivity contribution in [2.75, 3.05) is 66.8 Å². The minimum Gasteiger partial charge on any atom is -0.383 e. The van der Waals surface area contributed by atoms with Crippen LogP contribution < -0.4 is 10.6 Å². The molecule has 5 nitrogen and oxygen atoms in total. The van der Waals surface area contributed by atoms with Crippen LogP contribution in [0.5, 0.6) is 0 Å². The van der Waals surface area contributed by atoms with Gasteiger partial charge in [-0.1, -0.05) is 0 Å². The van der Waals surface area contributed by atoms with Crippen LogP contribution in [0.25, 0.3) is 0 Å². The summed E-state index contributed by atoms with van der Waals surface area (Å²) in [6.45, 7) is 6.16. The molecule has 0 saturated carbocycles. The van der Waals surface area contributed by atoms with Gasteiger partial charge >= 0.3 is 0 Å². The smallest absolute Gasteiger partial charge is 0.0701 e. The maximum Gasteiger partial charge on any atom is 0.0701 e. The topological polar surface area (TPSA) is 51.8 Å². The van der Waals surface area contributed by atoms with Crippen LogP contribution in [0.15, 0.2) is 0 Å². The standard InChI is InChI=1S/C10H24N2O3/c1-11-3-7-14-9-10-15-8-5-12-4-6-13-2/h11-12H,3-10H2,1-2H3. The van der Waals surface area contributed by atoms with Gasteiger partial charge in [-0.25, -0.2) is 0 Å². The van der Waals surface area contributed by atoms with Gasteiger partial charge in [0.2, 0.25) is 0 Å². The van der Waals surface area contributed by atoms with Crippen LogP contribution in [0.3, 0.4) is 0 Å². The van der Waals surface area contributed by atoms with Crippen LogP contribution in [0, 0.1) is 0 Å². The molecule has 0 aromatic heterocycles. The Balaban J connectivity index is 2.81. The van der Waals surface area contributed by atoms with Gasteiger partial charge in [0.05, 0.1) is 33.0 Å². The first-order valence-electron chi connectivity index (χ1n) is 5.41. The maximum absolute atomic E-state index is 5.35. The van der Waals surface area contributed by atoms with Crippen molar-refractivity contribution in [1.82, 2.24) is 10.6 Å². The van der Waals surface area contributed by atoms with Crippen molar-refractivity contribution in [3.05, 3.63) is 0 Å². The van der Waals surface area contributed by atoms with E-state index in [-0.39, 0.29) is 0 Å². The molecule has 2 N–H and O–H groups in total. The lowest BCUT2D eigenvalue weighted by molar-refractivity contribution is 0.0499. The molecule has 0 aliphatic heterocycles. The fraction of sp³-hybridized carbons (Fsp3) is 1.00. The fourth-order valence-corrected chi connectivity index (χ4v) is 0.940. The summed E-state index contributed by atoms with van der Waals surface area (Å²) < 4.78 is 15.5. The number of hydrogen-bond acceptors (Lipinski definition) is 5. The molecule has 0 amide bonds. The lowest BCUT2D eigenvalue weighted by atomic mass is 10.6. The first kappa shape index (κ1) is 14.8. The van der Waals surface area contributed by atoms with E-state index in [1.165, 1.54) is 0 Å². The SMILES string of the molecule is CNCCOCCOCCNCCOC. The van der Waals surface area contributed by atoms with E-state index in [2.05, 4.69) is 10.6 Å². The molecule has 92 valence electrons. The molecule has 0 heterocycles. The monoisotopic (exact) mass is 220 g/mol. The fourth-order valence-electron chi connectivity index (χ4n) is 0.940. The number of rotatable bonds is 12. The van der Waals surface area contributed by atoms with Gasteiger partial charge in [0.1, 0.15) is 0 Å². The van der Waals surface area contributed by atoms with E-state index in [4.69, 9.17) is 14.2 Å². The number of methoxy groups -OCH3 is 1. The summed E-state index contributed by atoms with van der Waals surface area (Å²) in [7, 11) is 3.60. The van der Waals surface area contributed by atoms with Crippen LogP contribution in [0.2, 0.25) is 0 Å². The Morgan fingerprint density at radius 1 is 0.800 bits per heavy atom. The molecule has 15 heavy (non-hydrogen) atoms. The normalized spacial score (nSPS) is 10.8. The van der Waals surface area contributed by atoms with Crippen molar-refractivity contribution in [2.45, 2.75) is 0 Å². The third-order valence-electron chi connectivity index (χ3n) is 1.77. The first-order valence-corrected chi connectivity index (χ1v) is 5.41. The molecule has 0 unspecified atom stereocenters. The van der Waals surface area contributed by atoms with Gasteiger partial charge in [-0.2, -0.15) is 0 Å². The van der Waals surface area contributed by atoms with Crippen LogP contribution in [-0.2, 0) is 14.2 Å². The van der Waals surface area contributed by atoms with Gasteiger partial charge in [-0.3, -0.25) is 0 Å². The van der Waals surface area contributed by atoms with E-state index >= 15 is 0 Å². The number of nitrogens with one attached hydrogen (secondary N) is 2. The Hall–Kier alpha value is -0.200. The lowest BCUT2D eigenvalue weighted by Gasteiger charge is -2.06. The Labute approximate surface area is 92.5 Å². The van der Waals surface area contributed by atoms with Crippen molar-refractivity contribution >= 4 is 0 Å². The summed E-state index contributed by atoms with van der Waals surface area (Å²) in [5, 5.41) is 6.21. The van der Waals surface area contributed by atoms with Crippen LogP contribution in [-0.4, -0.2) is 66.8 Å². The molecular formula is C10H24N2O3. The van der Waals surface area contributed by atoms with E-state index in [1.54, 1.807) is 7.11 Å². The highest BCUT2D eigenvalue weighted by Gasteiger charge is 1.90. The summed E-state index contributed by atoms with van der Waals surface area (Å²) in [6.07, 6.45) is 0. The minimum atomic E-state index is 0.662. The summed E-state index contributed by atoms with van der Waals surface area (Å²) in [6, 6.07) is 0. The number of ether oxygens (including phenoxy) is 3. The highest BCUT2D eigenvalue weighted by atomic mass is 16.5. The summed E-state index contributed by atoms with van der Waals surface area (Å²) in [5.41, 5.74) is 0. The molecular weight excluding hydrogens is 196 g/mol. The largest absolute Gasteiger partial charge is 0.383 e. The van der Waals surface area contributed by atoms with Crippen molar-refractivity contribution in [2.24, 2.45) is 0 Å². The second kappa shape index (κ2) is 13.8. The molecule has 0 atom stereocenters. The van der Waals surface area contributed by atoms with Crippen molar-refractivity contribution in [1.29, 1.82) is 0 Å². The molecule has 0 aliphatic rings. The zero-order chi connectivity index (χ0) is 11.2. The Bertz CT molecular complexity index is 103. The van der Waals surface area contributed by atoms with Gasteiger partial charge < -0.3 is 24.8 Å². The highest BCUT2D eigenvalue weighted by Crippen LogP contribution is 1.77. The highest BCUT2D eigenvalue weighted by molar-refractivity contribution is 4.44. The van der Waals surface area contributed by atoms with Gasteiger partial charge in [0.15, 0.2) is 0 Å². The molecule has 0 bridgehead atoms. The molecule has 0 radical (unpaired) electrons. The van der Waals surface area contributed by atoms with Gasteiger partial charge in [-0.15, -0.1) is 0 Å². The molecule has 0 spiro atoms. The average molecular weight is 220 g/mol. The third kappa shape index (κ3) is 13.8. The number of likely N-dealkylation sites (N-methyl/N-ethyl adjacent to an activating group) is 1. The molecule has 0 aromatic carbocycles. The minimum absolute atomic E-state index is 0.662. The van der Waals surface area contributed by atoms with E-state index in [1.807, 2.05) is 7.05 Å². The van der Waals surface area contributed by atoms with E-state index in [0.717, 1.165) is 39.5 Å². The van der Waals surface area contributed by atoms with Crippen molar-refractivity contribution in [3.8, 4) is 0 Å². The summed E-state index contributed by atoms with van der Waals surface area (Å²) in [4.78, 5) is 0. The lowest BCUT2D eigenvalue weighted by Crippen LogP contribution is -2.24. The summed E-state index contributed by atoms with van der Waals surface area (Å²) >= 11 is 0. The van der Waals surface area contributed by atoms with Gasteiger partial charge in [-0.05, 0) is 7.05 Å². The second-order valence-corrected chi connectivity index (χ2v) is 3.07. The van der Waals surface area contributed by atoms with E-state index in [9.17, 15) is 0 Å². The summed E-state index contributed by atoms with van der Waals surface area (Å²) in [5.74, 6) is 0. The molecule has 0 rings (SSSR count). The van der Waals surface area contributed by atoms with Crippen molar-refractivity contribution in [3.63, 3.8) is 0 Å². The average Bonchev–Trinajstić information content (AvgIpc) is 2.26. The van der Waals surface area contributed by atoms with Gasteiger partial charge in [0, 0.05) is 26.7 Å². The van der Waals surface area contributed by atoms with Crippen LogP contribution in [0.1, 0.15) is 0 Å². The Morgan fingerprint density at radius 3 is 2.00 bits per heavy atom. The predicted octanol–water partition coefficient (Wildman–Crippen LogP) is -0.525. The molecule has 0 aromatic rings. The molecule has 0 saturated heterocycles. The number of hydrogen-bond donors (Lipinski definition) is 2. The molecule has 5 heteroatoms. The van der Waals surface area contributed by atoms with E-state index < -0.39 is 0 Å². The van der Waals surface area contributed by atoms with E-state index in [0.29, 0.717) is 13.2 Å². The van der Waals surface area contributed by atoms with Crippen LogP contribution >= 0.6 is 0 Å². The van der Waals surface area contributed by atoms with Crippen LogP contribution in [0.4, 0.5) is 0 Å². The van der Waals surface area contributed by atoms with Gasteiger partial charge in [0.25, 0.3) is 0 Å². The second-order valence-electron chi connectivity index (χ2n) is 3.07. The zero-order valence-electron chi connectivity index (χ0n) is 9.88. The Morgan fingerprint density at radius 2 is 1.40 bits per heavy atom. The van der Waals surface area contributed by atoms with Crippen molar-refractivity contribution < 1.29 is 14.2 Å². The maximum atomic E-state index is 5.35. The third-order valence-corrected chi connectivity index (χ3v) is 1.77. The predicted molar refractivity (Wildman–Crippen MR) is 60.3 cm³/mol.